The summed E-state index contributed by atoms with van der Waals surface area (Å²) in [5.41, 5.74) is 0.434. The van der Waals surface area contributed by atoms with E-state index in [-0.39, 0.29) is 11.4 Å². The number of aromatic nitrogens is 3. The van der Waals surface area contributed by atoms with Gasteiger partial charge in [0.15, 0.2) is 5.75 Å². The van der Waals surface area contributed by atoms with Crippen LogP contribution >= 0.6 is 12.2 Å². The quantitative estimate of drug-likeness (QED) is 0.402. The molecule has 8 nitrogen and oxygen atoms in total. The Labute approximate surface area is 118 Å². The van der Waals surface area contributed by atoms with Gasteiger partial charge in [-0.25, -0.2) is 0 Å². The van der Waals surface area contributed by atoms with Crippen molar-refractivity contribution in [3.63, 3.8) is 0 Å². The van der Waals surface area contributed by atoms with Crippen molar-refractivity contribution in [2.45, 2.75) is 6.92 Å². The van der Waals surface area contributed by atoms with Crippen LogP contribution in [-0.2, 0) is 0 Å². The minimum absolute atomic E-state index is 0.121. The van der Waals surface area contributed by atoms with E-state index in [0.29, 0.717) is 16.2 Å². The molecule has 0 atom stereocenters. The minimum Gasteiger partial charge on any atom is -0.490 e. The van der Waals surface area contributed by atoms with Crippen molar-refractivity contribution in [2.24, 2.45) is 5.10 Å². The maximum absolute atomic E-state index is 10.9. The van der Waals surface area contributed by atoms with Crippen LogP contribution in [0.15, 0.2) is 23.3 Å². The average Bonchev–Trinajstić information content (AvgIpc) is 2.75. The molecule has 2 rings (SSSR count). The first-order chi connectivity index (χ1) is 9.52. The normalized spacial score (nSPS) is 10.9. The number of methoxy groups -OCH3 is 1. The van der Waals surface area contributed by atoms with E-state index in [1.54, 1.807) is 13.0 Å². The molecule has 1 aromatic heterocycles. The first kappa shape index (κ1) is 13.9. The Morgan fingerprint density at radius 2 is 2.35 bits per heavy atom. The van der Waals surface area contributed by atoms with E-state index in [9.17, 15) is 10.1 Å². The fourth-order valence-electron chi connectivity index (χ4n) is 1.56. The van der Waals surface area contributed by atoms with Crippen LogP contribution in [0.1, 0.15) is 11.4 Å². The summed E-state index contributed by atoms with van der Waals surface area (Å²) in [5, 5.41) is 21.5. The molecule has 0 aliphatic carbocycles. The summed E-state index contributed by atoms with van der Waals surface area (Å²) in [6.45, 7) is 1.74. The topological polar surface area (TPSA) is 98.3 Å². The third kappa shape index (κ3) is 2.72. The van der Waals surface area contributed by atoms with Crippen molar-refractivity contribution in [3.8, 4) is 5.75 Å². The number of aryl methyl sites for hydroxylation is 1. The van der Waals surface area contributed by atoms with Gasteiger partial charge in [-0.3, -0.25) is 15.2 Å². The predicted molar refractivity (Wildman–Crippen MR) is 74.8 cm³/mol. The third-order valence-electron chi connectivity index (χ3n) is 2.53. The van der Waals surface area contributed by atoms with Crippen molar-refractivity contribution in [2.75, 3.05) is 7.11 Å². The smallest absolute Gasteiger partial charge is 0.311 e. The molecule has 20 heavy (non-hydrogen) atoms. The zero-order valence-corrected chi connectivity index (χ0v) is 11.5. The van der Waals surface area contributed by atoms with E-state index in [4.69, 9.17) is 17.0 Å². The number of nitro benzene ring substituents is 1. The summed E-state index contributed by atoms with van der Waals surface area (Å²) in [4.78, 5) is 10.4. The number of hydrogen-bond acceptors (Lipinski definition) is 6. The third-order valence-corrected chi connectivity index (χ3v) is 2.80. The van der Waals surface area contributed by atoms with Gasteiger partial charge < -0.3 is 4.74 Å². The lowest BCUT2D eigenvalue weighted by atomic mass is 10.2. The molecule has 104 valence electrons. The summed E-state index contributed by atoms with van der Waals surface area (Å²) in [6, 6.07) is 4.55. The summed E-state index contributed by atoms with van der Waals surface area (Å²) in [7, 11) is 1.38. The van der Waals surface area contributed by atoms with Gasteiger partial charge >= 0.3 is 5.69 Å². The summed E-state index contributed by atoms with van der Waals surface area (Å²) < 4.78 is 6.70. The Morgan fingerprint density at radius 3 is 2.90 bits per heavy atom. The second-order valence-electron chi connectivity index (χ2n) is 3.82. The van der Waals surface area contributed by atoms with Crippen LogP contribution in [-0.4, -0.2) is 33.1 Å². The molecule has 0 unspecified atom stereocenters. The summed E-state index contributed by atoms with van der Waals surface area (Å²) in [6.07, 6.45) is 1.46. The predicted octanol–water partition coefficient (Wildman–Crippen LogP) is 2.05. The zero-order chi connectivity index (χ0) is 14.7. The lowest BCUT2D eigenvalue weighted by Crippen LogP contribution is -1.97. The first-order valence-corrected chi connectivity index (χ1v) is 5.94. The fourth-order valence-corrected chi connectivity index (χ4v) is 1.79. The van der Waals surface area contributed by atoms with Gasteiger partial charge in [0.2, 0.25) is 4.77 Å². The first-order valence-electron chi connectivity index (χ1n) is 5.53. The number of nitrogens with one attached hydrogen (secondary N) is 1. The Balaban J connectivity index is 2.37. The molecular formula is C11H11N5O3S. The molecular weight excluding hydrogens is 282 g/mol. The zero-order valence-electron chi connectivity index (χ0n) is 10.7. The molecule has 0 aliphatic heterocycles. The van der Waals surface area contributed by atoms with Crippen molar-refractivity contribution in [1.29, 1.82) is 0 Å². The molecule has 1 heterocycles. The molecule has 0 aliphatic rings. The Morgan fingerprint density at radius 1 is 1.60 bits per heavy atom. The van der Waals surface area contributed by atoms with Gasteiger partial charge in [0.1, 0.15) is 5.82 Å². The largest absolute Gasteiger partial charge is 0.490 e. The van der Waals surface area contributed by atoms with Crippen LogP contribution in [0.5, 0.6) is 5.75 Å². The van der Waals surface area contributed by atoms with E-state index in [2.05, 4.69) is 15.3 Å². The van der Waals surface area contributed by atoms with Gasteiger partial charge in [-0.05, 0) is 31.3 Å². The highest BCUT2D eigenvalue weighted by atomic mass is 32.1. The van der Waals surface area contributed by atoms with Crippen molar-refractivity contribution < 1.29 is 9.66 Å². The van der Waals surface area contributed by atoms with E-state index in [1.807, 2.05) is 0 Å². The Hall–Kier alpha value is -2.55. The SMILES string of the molecule is COc1ccc(/C=N/n2c(C)n[nH]c2=S)cc1[N+](=O)[O-]. The van der Waals surface area contributed by atoms with Crippen LogP contribution in [0, 0.1) is 21.8 Å². The maximum Gasteiger partial charge on any atom is 0.311 e. The summed E-state index contributed by atoms with van der Waals surface area (Å²) >= 11 is 5.00. The molecule has 0 radical (unpaired) electrons. The number of aromatic amines is 1. The number of H-pyrrole nitrogens is 1. The lowest BCUT2D eigenvalue weighted by molar-refractivity contribution is -0.385. The lowest BCUT2D eigenvalue weighted by Gasteiger charge is -2.02. The Bertz CT molecular complexity index is 734. The van der Waals surface area contributed by atoms with Gasteiger partial charge in [0.05, 0.1) is 18.2 Å². The molecule has 1 aromatic carbocycles. The van der Waals surface area contributed by atoms with Crippen LogP contribution < -0.4 is 4.74 Å². The molecule has 0 bridgehead atoms. The van der Waals surface area contributed by atoms with Crippen molar-refractivity contribution in [1.82, 2.24) is 14.9 Å². The maximum atomic E-state index is 10.9. The van der Waals surface area contributed by atoms with Gasteiger partial charge in [-0.1, -0.05) is 0 Å². The number of nitro groups is 1. The van der Waals surface area contributed by atoms with E-state index >= 15 is 0 Å². The molecule has 2 aromatic rings. The monoisotopic (exact) mass is 293 g/mol. The molecule has 9 heteroatoms. The van der Waals surface area contributed by atoms with Gasteiger partial charge in [0, 0.05) is 11.6 Å². The molecule has 0 spiro atoms. The van der Waals surface area contributed by atoms with Gasteiger partial charge in [-0.15, -0.1) is 0 Å². The van der Waals surface area contributed by atoms with Crippen LogP contribution in [0.3, 0.4) is 0 Å². The minimum atomic E-state index is -0.509. The number of ether oxygens (including phenoxy) is 1. The summed E-state index contributed by atoms with van der Waals surface area (Å²) in [5.74, 6) is 0.789. The second-order valence-corrected chi connectivity index (χ2v) is 4.21. The van der Waals surface area contributed by atoms with Crippen LogP contribution in [0.25, 0.3) is 0 Å². The van der Waals surface area contributed by atoms with Crippen molar-refractivity contribution >= 4 is 24.1 Å². The highest BCUT2D eigenvalue weighted by molar-refractivity contribution is 7.71. The van der Waals surface area contributed by atoms with Gasteiger partial charge in [-0.2, -0.15) is 14.9 Å². The second kappa shape index (κ2) is 5.61. The van der Waals surface area contributed by atoms with Gasteiger partial charge in [0.25, 0.3) is 0 Å². The highest BCUT2D eigenvalue weighted by Crippen LogP contribution is 2.26. The van der Waals surface area contributed by atoms with Crippen LogP contribution in [0.2, 0.25) is 0 Å². The van der Waals surface area contributed by atoms with Crippen molar-refractivity contribution in [3.05, 3.63) is 44.5 Å². The van der Waals surface area contributed by atoms with Crippen LogP contribution in [0.4, 0.5) is 5.69 Å². The van der Waals surface area contributed by atoms with E-state index < -0.39 is 4.92 Å². The van der Waals surface area contributed by atoms with E-state index in [1.165, 1.54) is 30.1 Å². The number of nitrogens with zero attached hydrogens (tertiary/aromatic N) is 4. The highest BCUT2D eigenvalue weighted by Gasteiger charge is 2.14. The molecule has 1 N–H and O–H groups in total. The number of benzene rings is 1. The molecule has 0 amide bonds. The Kier molecular flexibility index (Phi) is 3.89. The molecule has 0 fully saturated rings. The molecule has 0 saturated carbocycles. The fraction of sp³-hybridized carbons (Fsp3) is 0.182. The van der Waals surface area contributed by atoms with E-state index in [0.717, 1.165) is 0 Å². The average molecular weight is 293 g/mol. The number of rotatable bonds is 4. The molecule has 0 saturated heterocycles. The standard InChI is InChI=1S/C11H11N5O3S/c1-7-13-14-11(20)15(7)12-6-8-3-4-10(19-2)9(5-8)16(17)18/h3-6H,1-2H3,(H,14,20)/b12-6+. The number of hydrogen-bond donors (Lipinski definition) is 1.